The molecular formula is C29H26BrN3O2S2. The highest BCUT2D eigenvalue weighted by Crippen LogP contribution is 2.44. The van der Waals surface area contributed by atoms with Crippen molar-refractivity contribution in [3.63, 3.8) is 0 Å². The molecule has 0 saturated heterocycles. The summed E-state index contributed by atoms with van der Waals surface area (Å²) in [6.45, 7) is 8.53. The van der Waals surface area contributed by atoms with Crippen LogP contribution < -0.4 is 5.32 Å². The van der Waals surface area contributed by atoms with Gasteiger partial charge >= 0.3 is 5.97 Å². The van der Waals surface area contributed by atoms with Crippen LogP contribution in [0.15, 0.2) is 64.7 Å². The smallest absolute Gasteiger partial charge is 0.341 e. The van der Waals surface area contributed by atoms with E-state index in [1.54, 1.807) is 17.7 Å². The molecule has 8 heteroatoms. The van der Waals surface area contributed by atoms with Gasteiger partial charge in [0.15, 0.2) is 0 Å². The van der Waals surface area contributed by atoms with Gasteiger partial charge in [0.25, 0.3) is 0 Å². The van der Waals surface area contributed by atoms with Gasteiger partial charge in [-0.3, -0.25) is 0 Å². The monoisotopic (exact) mass is 591 g/mol. The summed E-state index contributed by atoms with van der Waals surface area (Å²) in [5.74, 6) is 0.785. The zero-order chi connectivity index (χ0) is 26.1. The van der Waals surface area contributed by atoms with Crippen molar-refractivity contribution in [2.24, 2.45) is 0 Å². The summed E-state index contributed by atoms with van der Waals surface area (Å²) in [7, 11) is 0. The molecule has 1 N–H and O–H groups in total. The number of rotatable bonds is 7. The number of esters is 1. The van der Waals surface area contributed by atoms with Crippen LogP contribution in [0, 0.1) is 6.92 Å². The van der Waals surface area contributed by atoms with Crippen LogP contribution in [0.2, 0.25) is 0 Å². The Bertz CT molecular complexity index is 1570. The van der Waals surface area contributed by atoms with Crippen LogP contribution in [0.25, 0.3) is 32.5 Å². The Balaban J connectivity index is 1.62. The highest BCUT2D eigenvalue weighted by atomic mass is 79.9. The number of hydrogen-bond acceptors (Lipinski definition) is 7. The second kappa shape index (κ2) is 10.7. The molecule has 0 radical (unpaired) electrons. The van der Waals surface area contributed by atoms with Gasteiger partial charge in [0, 0.05) is 25.9 Å². The second-order valence-corrected chi connectivity index (χ2v) is 11.9. The number of fused-ring (bicyclic) bond motifs is 1. The maximum absolute atomic E-state index is 13.2. The first-order chi connectivity index (χ1) is 17.9. The van der Waals surface area contributed by atoms with Crippen molar-refractivity contribution in [1.29, 1.82) is 0 Å². The maximum atomic E-state index is 13.2. The molecular weight excluding hydrogens is 566 g/mol. The molecule has 2 aromatic carbocycles. The Kier molecular flexibility index (Phi) is 7.42. The lowest BCUT2D eigenvalue weighted by molar-refractivity contribution is 0.0529. The third-order valence-electron chi connectivity index (χ3n) is 6.19. The van der Waals surface area contributed by atoms with E-state index < -0.39 is 0 Å². The van der Waals surface area contributed by atoms with Crippen molar-refractivity contribution in [2.75, 3.05) is 11.9 Å². The van der Waals surface area contributed by atoms with E-state index in [9.17, 15) is 4.79 Å². The Morgan fingerprint density at radius 2 is 1.76 bits per heavy atom. The largest absolute Gasteiger partial charge is 0.462 e. The maximum Gasteiger partial charge on any atom is 0.341 e. The van der Waals surface area contributed by atoms with Crippen LogP contribution in [0.4, 0.5) is 10.8 Å². The van der Waals surface area contributed by atoms with Gasteiger partial charge in [-0.1, -0.05) is 66.2 Å². The molecule has 3 aromatic heterocycles. The number of carbonyl (C=O) groups excluding carboxylic acids is 1. The molecule has 0 bridgehead atoms. The summed E-state index contributed by atoms with van der Waals surface area (Å²) in [5, 5.41) is 7.26. The van der Waals surface area contributed by atoms with Crippen LogP contribution in [0.3, 0.4) is 0 Å². The summed E-state index contributed by atoms with van der Waals surface area (Å²) in [6, 6.07) is 16.6. The third-order valence-corrected chi connectivity index (χ3v) is 8.62. The molecule has 0 unspecified atom stereocenters. The van der Waals surface area contributed by atoms with Crippen LogP contribution in [-0.4, -0.2) is 22.5 Å². The van der Waals surface area contributed by atoms with Crippen molar-refractivity contribution in [2.45, 2.75) is 33.6 Å². The molecule has 37 heavy (non-hydrogen) atoms. The van der Waals surface area contributed by atoms with Crippen LogP contribution in [0.5, 0.6) is 0 Å². The number of benzene rings is 2. The molecule has 0 aliphatic carbocycles. The fourth-order valence-electron chi connectivity index (χ4n) is 4.33. The fourth-order valence-corrected chi connectivity index (χ4v) is 6.58. The lowest BCUT2D eigenvalue weighted by Crippen LogP contribution is -2.08. The molecule has 3 heterocycles. The molecule has 0 fully saturated rings. The normalized spacial score (nSPS) is 11.3. The molecule has 5 nitrogen and oxygen atoms in total. The lowest BCUT2D eigenvalue weighted by atomic mass is 9.99. The number of nitrogens with one attached hydrogen (secondary N) is 1. The topological polar surface area (TPSA) is 64.1 Å². The Hall–Kier alpha value is -3.07. The Morgan fingerprint density at radius 3 is 2.43 bits per heavy atom. The number of nitrogens with zero attached hydrogens (tertiary/aromatic N) is 2. The molecule has 5 rings (SSSR count). The van der Waals surface area contributed by atoms with Gasteiger partial charge < -0.3 is 10.1 Å². The molecule has 5 aromatic rings. The number of ether oxygens (including phenoxy) is 1. The Morgan fingerprint density at radius 1 is 1.05 bits per heavy atom. The number of aromatic nitrogens is 2. The number of thiophene rings is 2. The fraction of sp³-hybridized carbons (Fsp3) is 0.207. The molecule has 0 aliphatic heterocycles. The minimum Gasteiger partial charge on any atom is -0.462 e. The molecule has 0 saturated carbocycles. The first-order valence-electron chi connectivity index (χ1n) is 12.0. The first-order valence-corrected chi connectivity index (χ1v) is 14.5. The summed E-state index contributed by atoms with van der Waals surface area (Å²) in [4.78, 5) is 24.3. The standard InChI is InChI=1S/C29H26BrN3O2S2/c1-5-35-29(34)25-23(20-10-12-21(30)13-11-20)17(4)37-28(25)33-26-24-22(14-36-27(24)32-15-31-26)19-8-6-18(7-9-19)16(2)3/h6-16H,5H2,1-4H3,(H,31,32,33). The van der Waals surface area contributed by atoms with E-state index in [4.69, 9.17) is 4.74 Å². The van der Waals surface area contributed by atoms with Gasteiger partial charge in [-0.05, 0) is 48.6 Å². The van der Waals surface area contributed by atoms with Crippen LogP contribution in [0.1, 0.15) is 47.5 Å². The minimum atomic E-state index is -0.354. The number of hydrogen-bond donors (Lipinski definition) is 1. The number of carbonyl (C=O) groups is 1. The van der Waals surface area contributed by atoms with Crippen molar-refractivity contribution in [1.82, 2.24) is 9.97 Å². The van der Waals surface area contributed by atoms with E-state index in [0.29, 0.717) is 28.9 Å². The van der Waals surface area contributed by atoms with Crippen molar-refractivity contribution >= 4 is 65.6 Å². The zero-order valence-corrected chi connectivity index (χ0v) is 24.2. The Labute approximate surface area is 232 Å². The zero-order valence-electron chi connectivity index (χ0n) is 21.0. The summed E-state index contributed by atoms with van der Waals surface area (Å²) in [6.07, 6.45) is 1.56. The SMILES string of the molecule is CCOC(=O)c1c(Nc2ncnc3scc(-c4ccc(C(C)C)cc4)c23)sc(C)c1-c1ccc(Br)cc1. The third kappa shape index (κ3) is 5.06. The van der Waals surface area contributed by atoms with Gasteiger partial charge in [0.05, 0.1) is 12.0 Å². The van der Waals surface area contributed by atoms with E-state index in [1.165, 1.54) is 16.9 Å². The van der Waals surface area contributed by atoms with Crippen molar-refractivity contribution in [3.05, 3.63) is 80.7 Å². The van der Waals surface area contributed by atoms with Crippen molar-refractivity contribution < 1.29 is 9.53 Å². The molecule has 0 spiro atoms. The molecule has 0 aliphatic rings. The highest BCUT2D eigenvalue weighted by molar-refractivity contribution is 9.10. The minimum absolute atomic E-state index is 0.297. The number of halogens is 1. The lowest BCUT2D eigenvalue weighted by Gasteiger charge is -2.11. The predicted octanol–water partition coefficient (Wildman–Crippen LogP) is 9.20. The average Bonchev–Trinajstić information content (AvgIpc) is 3.46. The van der Waals surface area contributed by atoms with E-state index in [2.05, 4.69) is 74.7 Å². The van der Waals surface area contributed by atoms with E-state index in [1.807, 2.05) is 38.1 Å². The molecule has 188 valence electrons. The summed E-state index contributed by atoms with van der Waals surface area (Å²) in [5.41, 5.74) is 5.83. The van der Waals surface area contributed by atoms with E-state index >= 15 is 0 Å². The summed E-state index contributed by atoms with van der Waals surface area (Å²) >= 11 is 6.61. The van der Waals surface area contributed by atoms with Gasteiger partial charge in [0.2, 0.25) is 0 Å². The summed E-state index contributed by atoms with van der Waals surface area (Å²) < 4.78 is 6.47. The quantitative estimate of drug-likeness (QED) is 0.191. The highest BCUT2D eigenvalue weighted by Gasteiger charge is 2.26. The van der Waals surface area contributed by atoms with Gasteiger partial charge in [-0.15, -0.1) is 22.7 Å². The van der Waals surface area contributed by atoms with E-state index in [0.717, 1.165) is 41.8 Å². The number of anilines is 2. The van der Waals surface area contributed by atoms with Crippen molar-refractivity contribution in [3.8, 4) is 22.3 Å². The van der Waals surface area contributed by atoms with Gasteiger partial charge in [-0.25, -0.2) is 14.8 Å². The van der Waals surface area contributed by atoms with Crippen LogP contribution >= 0.6 is 38.6 Å². The molecule has 0 atom stereocenters. The predicted molar refractivity (Wildman–Crippen MR) is 158 cm³/mol. The molecule has 0 amide bonds. The van der Waals surface area contributed by atoms with Crippen LogP contribution in [-0.2, 0) is 4.74 Å². The van der Waals surface area contributed by atoms with Gasteiger partial charge in [-0.2, -0.15) is 0 Å². The number of aryl methyl sites for hydroxylation is 1. The average molecular weight is 593 g/mol. The second-order valence-electron chi connectivity index (χ2n) is 8.92. The van der Waals surface area contributed by atoms with E-state index in [-0.39, 0.29) is 5.97 Å². The first kappa shape index (κ1) is 25.6. The van der Waals surface area contributed by atoms with Gasteiger partial charge in [0.1, 0.15) is 27.5 Å².